The average Bonchev–Trinajstić information content (AvgIpc) is 2.65. The number of hydrogen-bond acceptors (Lipinski definition) is 5. The van der Waals surface area contributed by atoms with Crippen molar-refractivity contribution in [1.82, 2.24) is 10.3 Å². The number of thiazole rings is 1. The maximum absolute atomic E-state index is 4.95. The van der Waals surface area contributed by atoms with Crippen LogP contribution in [-0.4, -0.2) is 37.0 Å². The third kappa shape index (κ3) is 4.95. The van der Waals surface area contributed by atoms with Crippen molar-refractivity contribution in [3.8, 4) is 0 Å². The minimum Gasteiger partial charge on any atom is -0.383 e. The first kappa shape index (κ1) is 12.0. The fourth-order valence-electron chi connectivity index (χ4n) is 0.962. The summed E-state index contributed by atoms with van der Waals surface area (Å²) in [5, 5.41) is 5.89. The predicted octanol–water partition coefficient (Wildman–Crippen LogP) is 1.86. The van der Waals surface area contributed by atoms with Gasteiger partial charge in [0.25, 0.3) is 0 Å². The molecule has 0 fully saturated rings. The molecule has 0 amide bonds. The Morgan fingerprint density at radius 2 is 2.57 bits per heavy atom. The Morgan fingerprint density at radius 1 is 1.71 bits per heavy atom. The van der Waals surface area contributed by atoms with Crippen LogP contribution in [0.2, 0.25) is 0 Å². The van der Waals surface area contributed by atoms with E-state index in [-0.39, 0.29) is 0 Å². The normalized spacial score (nSPS) is 13.0. The number of nitrogens with one attached hydrogen (secondary N) is 1. The van der Waals surface area contributed by atoms with Crippen molar-refractivity contribution < 1.29 is 4.74 Å². The van der Waals surface area contributed by atoms with Gasteiger partial charge in [-0.05, 0) is 0 Å². The summed E-state index contributed by atoms with van der Waals surface area (Å²) in [6.07, 6.45) is 1.85. The molecule has 0 saturated carbocycles. The summed E-state index contributed by atoms with van der Waals surface area (Å²) in [5.41, 5.74) is 0. The third-order valence-corrected chi connectivity index (χ3v) is 3.64. The van der Waals surface area contributed by atoms with Crippen LogP contribution in [0.25, 0.3) is 0 Å². The second-order valence-corrected chi connectivity index (χ2v) is 5.50. The molecule has 1 aromatic rings. The average molecular weight is 232 g/mol. The predicted molar refractivity (Wildman–Crippen MR) is 62.2 cm³/mol. The smallest absolute Gasteiger partial charge is 0.150 e. The van der Waals surface area contributed by atoms with Gasteiger partial charge in [-0.2, -0.15) is 0 Å². The molecule has 1 aromatic heterocycles. The Morgan fingerprint density at radius 3 is 3.21 bits per heavy atom. The Hall–Kier alpha value is -0.100. The highest BCUT2D eigenvalue weighted by atomic mass is 32.2. The van der Waals surface area contributed by atoms with Crippen molar-refractivity contribution in [3.05, 3.63) is 11.6 Å². The maximum Gasteiger partial charge on any atom is 0.150 e. The number of aromatic nitrogens is 1. The largest absolute Gasteiger partial charge is 0.383 e. The van der Waals surface area contributed by atoms with Crippen LogP contribution >= 0.6 is 23.1 Å². The van der Waals surface area contributed by atoms with Crippen LogP contribution in [0.3, 0.4) is 0 Å². The molecule has 0 aromatic carbocycles. The monoisotopic (exact) mass is 232 g/mol. The fourth-order valence-corrected chi connectivity index (χ4v) is 2.87. The van der Waals surface area contributed by atoms with Crippen molar-refractivity contribution in [1.29, 1.82) is 0 Å². The van der Waals surface area contributed by atoms with E-state index in [2.05, 4.69) is 17.2 Å². The molecule has 0 spiro atoms. The van der Waals surface area contributed by atoms with Gasteiger partial charge in [0, 0.05) is 37.0 Å². The molecule has 14 heavy (non-hydrogen) atoms. The minimum absolute atomic E-state index is 0.554. The van der Waals surface area contributed by atoms with Gasteiger partial charge < -0.3 is 10.1 Å². The number of thioether (sulfide) groups is 1. The number of ether oxygens (including phenoxy) is 1. The van der Waals surface area contributed by atoms with Crippen molar-refractivity contribution in [3.63, 3.8) is 0 Å². The van der Waals surface area contributed by atoms with Gasteiger partial charge in [-0.3, -0.25) is 0 Å². The molecule has 1 heterocycles. The van der Waals surface area contributed by atoms with Crippen LogP contribution in [0.5, 0.6) is 0 Å². The number of methoxy groups -OCH3 is 1. The van der Waals surface area contributed by atoms with E-state index in [0.29, 0.717) is 5.25 Å². The molecule has 1 rings (SSSR count). The van der Waals surface area contributed by atoms with Crippen LogP contribution in [0, 0.1) is 0 Å². The summed E-state index contributed by atoms with van der Waals surface area (Å²) in [6.45, 7) is 4.88. The van der Waals surface area contributed by atoms with Gasteiger partial charge in [-0.15, -0.1) is 11.3 Å². The summed E-state index contributed by atoms with van der Waals surface area (Å²) in [4.78, 5) is 4.23. The first-order valence-electron chi connectivity index (χ1n) is 4.58. The summed E-state index contributed by atoms with van der Waals surface area (Å²) < 4.78 is 6.09. The quantitative estimate of drug-likeness (QED) is 0.575. The van der Waals surface area contributed by atoms with E-state index in [9.17, 15) is 0 Å². The highest BCUT2D eigenvalue weighted by molar-refractivity contribution is 8.01. The molecule has 1 N–H and O–H groups in total. The van der Waals surface area contributed by atoms with Gasteiger partial charge in [0.1, 0.15) is 4.34 Å². The molecule has 0 aliphatic rings. The Labute approximate surface area is 93.3 Å². The van der Waals surface area contributed by atoms with Crippen molar-refractivity contribution >= 4 is 23.1 Å². The summed E-state index contributed by atoms with van der Waals surface area (Å²) >= 11 is 3.51. The zero-order valence-electron chi connectivity index (χ0n) is 8.53. The first-order valence-corrected chi connectivity index (χ1v) is 6.34. The Bertz CT molecular complexity index is 229. The van der Waals surface area contributed by atoms with Crippen LogP contribution in [0.4, 0.5) is 0 Å². The van der Waals surface area contributed by atoms with E-state index < -0.39 is 0 Å². The minimum atomic E-state index is 0.554. The van der Waals surface area contributed by atoms with E-state index in [1.54, 1.807) is 18.4 Å². The number of rotatable bonds is 7. The molecule has 1 atom stereocenters. The molecule has 0 bridgehead atoms. The number of nitrogens with zero attached hydrogens (tertiary/aromatic N) is 1. The second kappa shape index (κ2) is 7.23. The van der Waals surface area contributed by atoms with Gasteiger partial charge in [-0.1, -0.05) is 18.7 Å². The molecular formula is C9H16N2OS2. The van der Waals surface area contributed by atoms with Crippen LogP contribution < -0.4 is 5.32 Å². The molecule has 0 aliphatic carbocycles. The standard InChI is InChI=1S/C9H16N2OS2/c1-8(7-10-3-5-12-2)14-9-11-4-6-13-9/h4,6,8,10H,3,5,7H2,1-2H3. The molecule has 3 nitrogen and oxygen atoms in total. The van der Waals surface area contributed by atoms with Gasteiger partial charge in [0.2, 0.25) is 0 Å². The van der Waals surface area contributed by atoms with E-state index in [1.807, 2.05) is 23.3 Å². The lowest BCUT2D eigenvalue weighted by atomic mass is 10.4. The van der Waals surface area contributed by atoms with Gasteiger partial charge in [0.05, 0.1) is 6.61 Å². The summed E-state index contributed by atoms with van der Waals surface area (Å²) in [6, 6.07) is 0. The lowest BCUT2D eigenvalue weighted by molar-refractivity contribution is 0.199. The van der Waals surface area contributed by atoms with Gasteiger partial charge >= 0.3 is 0 Å². The molecule has 0 saturated heterocycles. The molecule has 0 aliphatic heterocycles. The van der Waals surface area contributed by atoms with Crippen LogP contribution in [-0.2, 0) is 4.74 Å². The second-order valence-electron chi connectivity index (χ2n) is 2.92. The lowest BCUT2D eigenvalue weighted by Gasteiger charge is -2.09. The van der Waals surface area contributed by atoms with Gasteiger partial charge in [0.15, 0.2) is 0 Å². The molecule has 80 valence electrons. The van der Waals surface area contributed by atoms with Crippen molar-refractivity contribution in [2.45, 2.75) is 16.5 Å². The highest BCUT2D eigenvalue weighted by Gasteiger charge is 2.05. The molecule has 0 radical (unpaired) electrons. The molecular weight excluding hydrogens is 216 g/mol. The number of hydrogen-bond donors (Lipinski definition) is 1. The van der Waals surface area contributed by atoms with Crippen molar-refractivity contribution in [2.75, 3.05) is 26.8 Å². The zero-order valence-corrected chi connectivity index (χ0v) is 10.2. The first-order chi connectivity index (χ1) is 6.83. The summed E-state index contributed by atoms with van der Waals surface area (Å²) in [7, 11) is 1.72. The zero-order chi connectivity index (χ0) is 10.2. The Balaban J connectivity index is 2.07. The highest BCUT2D eigenvalue weighted by Crippen LogP contribution is 2.24. The summed E-state index contributed by atoms with van der Waals surface area (Å²) in [5.74, 6) is 0. The van der Waals surface area contributed by atoms with E-state index in [4.69, 9.17) is 4.74 Å². The SMILES string of the molecule is COCCNCC(C)Sc1nccs1. The fraction of sp³-hybridized carbons (Fsp3) is 0.667. The third-order valence-electron chi connectivity index (χ3n) is 1.63. The van der Waals surface area contributed by atoms with E-state index in [0.717, 1.165) is 24.0 Å². The molecule has 5 heteroatoms. The van der Waals surface area contributed by atoms with E-state index in [1.165, 1.54) is 0 Å². The molecule has 1 unspecified atom stereocenters. The van der Waals surface area contributed by atoms with Crippen LogP contribution in [0.15, 0.2) is 15.9 Å². The van der Waals surface area contributed by atoms with E-state index >= 15 is 0 Å². The van der Waals surface area contributed by atoms with Crippen molar-refractivity contribution in [2.24, 2.45) is 0 Å². The van der Waals surface area contributed by atoms with Gasteiger partial charge in [-0.25, -0.2) is 4.98 Å². The van der Waals surface area contributed by atoms with Crippen LogP contribution in [0.1, 0.15) is 6.92 Å². The lowest BCUT2D eigenvalue weighted by Crippen LogP contribution is -2.26. The Kier molecular flexibility index (Phi) is 6.18. The topological polar surface area (TPSA) is 34.1 Å². The maximum atomic E-state index is 4.95.